The van der Waals surface area contributed by atoms with Crippen LogP contribution in [-0.2, 0) is 9.59 Å². The fourth-order valence-electron chi connectivity index (χ4n) is 1.67. The van der Waals surface area contributed by atoms with Crippen LogP contribution in [0.3, 0.4) is 0 Å². The molecule has 2 atom stereocenters. The highest BCUT2D eigenvalue weighted by Crippen LogP contribution is 2.16. The summed E-state index contributed by atoms with van der Waals surface area (Å²) in [6.45, 7) is 2.55. The van der Waals surface area contributed by atoms with E-state index in [-0.39, 0.29) is 5.91 Å². The highest BCUT2D eigenvalue weighted by atomic mass is 16.4. The van der Waals surface area contributed by atoms with Gasteiger partial charge in [-0.2, -0.15) is 0 Å². The molecule has 1 rings (SSSR count). The second-order valence-electron chi connectivity index (χ2n) is 3.75. The van der Waals surface area contributed by atoms with E-state index < -0.39 is 17.9 Å². The van der Waals surface area contributed by atoms with E-state index >= 15 is 0 Å². The lowest BCUT2D eigenvalue weighted by molar-refractivity contribution is -0.145. The number of hydrogen-bond donors (Lipinski definition) is 2. The molecule has 1 saturated heterocycles. The molecule has 1 aliphatic rings. The molecule has 0 aromatic carbocycles. The first kappa shape index (κ1) is 11.0. The number of rotatable bonds is 2. The van der Waals surface area contributed by atoms with Gasteiger partial charge < -0.3 is 15.7 Å². The maximum atomic E-state index is 11.5. The molecule has 14 heavy (non-hydrogen) atoms. The Morgan fingerprint density at radius 1 is 1.57 bits per heavy atom. The van der Waals surface area contributed by atoms with Gasteiger partial charge in [-0.15, -0.1) is 0 Å². The van der Waals surface area contributed by atoms with E-state index in [2.05, 4.69) is 0 Å². The summed E-state index contributed by atoms with van der Waals surface area (Å²) in [4.78, 5) is 23.7. The van der Waals surface area contributed by atoms with Gasteiger partial charge in [-0.3, -0.25) is 9.59 Å². The minimum Gasteiger partial charge on any atom is -0.481 e. The topological polar surface area (TPSA) is 83.6 Å². The Morgan fingerprint density at radius 3 is 2.71 bits per heavy atom. The van der Waals surface area contributed by atoms with Gasteiger partial charge in [-0.25, -0.2) is 0 Å². The van der Waals surface area contributed by atoms with E-state index in [1.807, 2.05) is 0 Å². The van der Waals surface area contributed by atoms with Crippen LogP contribution in [0.2, 0.25) is 0 Å². The van der Waals surface area contributed by atoms with E-state index in [1.165, 1.54) is 0 Å². The molecule has 0 aromatic heterocycles. The summed E-state index contributed by atoms with van der Waals surface area (Å²) in [5.74, 6) is -1.41. The lowest BCUT2D eigenvalue weighted by Gasteiger charge is -2.31. The van der Waals surface area contributed by atoms with Crippen LogP contribution in [0.5, 0.6) is 0 Å². The van der Waals surface area contributed by atoms with Gasteiger partial charge in [0.15, 0.2) is 0 Å². The number of piperidine rings is 1. The fraction of sp³-hybridized carbons (Fsp3) is 0.778. The first-order chi connectivity index (χ1) is 6.52. The predicted octanol–water partition coefficient (Wildman–Crippen LogP) is -0.343. The molecule has 0 unspecified atom stereocenters. The molecule has 0 aromatic rings. The van der Waals surface area contributed by atoms with Crippen molar-refractivity contribution in [3.8, 4) is 0 Å². The van der Waals surface area contributed by atoms with Gasteiger partial charge in [-0.05, 0) is 19.8 Å². The van der Waals surface area contributed by atoms with Gasteiger partial charge in [0.25, 0.3) is 0 Å². The largest absolute Gasteiger partial charge is 0.481 e. The smallest absolute Gasteiger partial charge is 0.308 e. The third-order valence-electron chi connectivity index (χ3n) is 2.47. The monoisotopic (exact) mass is 200 g/mol. The molecule has 1 heterocycles. The maximum Gasteiger partial charge on any atom is 0.308 e. The van der Waals surface area contributed by atoms with Crippen molar-refractivity contribution in [2.45, 2.75) is 25.8 Å². The molecular formula is C9H16N2O3. The van der Waals surface area contributed by atoms with Gasteiger partial charge in [-0.1, -0.05) is 0 Å². The molecule has 0 spiro atoms. The molecular weight excluding hydrogens is 184 g/mol. The lowest BCUT2D eigenvalue weighted by atomic mass is 9.98. The molecule has 1 fully saturated rings. The second-order valence-corrected chi connectivity index (χ2v) is 3.75. The van der Waals surface area contributed by atoms with E-state index in [9.17, 15) is 9.59 Å². The van der Waals surface area contributed by atoms with Crippen LogP contribution < -0.4 is 5.73 Å². The van der Waals surface area contributed by atoms with Crippen molar-refractivity contribution < 1.29 is 14.7 Å². The SMILES string of the molecule is C[C@H](N)C(=O)N1CCC[C@@H](C(=O)O)C1. The zero-order valence-corrected chi connectivity index (χ0v) is 8.27. The molecule has 0 radical (unpaired) electrons. The summed E-state index contributed by atoms with van der Waals surface area (Å²) in [5, 5.41) is 8.81. The second kappa shape index (κ2) is 4.41. The van der Waals surface area contributed by atoms with Crippen LogP contribution in [0.1, 0.15) is 19.8 Å². The highest BCUT2D eigenvalue weighted by Gasteiger charge is 2.28. The number of carboxylic acid groups (broad SMARTS) is 1. The van der Waals surface area contributed by atoms with Gasteiger partial charge >= 0.3 is 5.97 Å². The van der Waals surface area contributed by atoms with Crippen molar-refractivity contribution in [1.82, 2.24) is 4.90 Å². The van der Waals surface area contributed by atoms with Crippen LogP contribution in [0.25, 0.3) is 0 Å². The summed E-state index contributed by atoms with van der Waals surface area (Å²) in [6.07, 6.45) is 1.40. The van der Waals surface area contributed by atoms with Crippen molar-refractivity contribution in [2.24, 2.45) is 11.7 Å². The summed E-state index contributed by atoms with van der Waals surface area (Å²) < 4.78 is 0. The zero-order chi connectivity index (χ0) is 10.7. The number of amides is 1. The Hall–Kier alpha value is -1.10. The van der Waals surface area contributed by atoms with Gasteiger partial charge in [0.05, 0.1) is 12.0 Å². The number of carboxylic acids is 1. The molecule has 80 valence electrons. The fourth-order valence-corrected chi connectivity index (χ4v) is 1.67. The Labute approximate surface area is 82.9 Å². The van der Waals surface area contributed by atoms with Crippen LogP contribution in [0.15, 0.2) is 0 Å². The van der Waals surface area contributed by atoms with Crippen molar-refractivity contribution in [2.75, 3.05) is 13.1 Å². The molecule has 1 aliphatic heterocycles. The first-order valence-corrected chi connectivity index (χ1v) is 4.79. The van der Waals surface area contributed by atoms with E-state index in [0.717, 1.165) is 6.42 Å². The van der Waals surface area contributed by atoms with E-state index in [1.54, 1.807) is 11.8 Å². The summed E-state index contributed by atoms with van der Waals surface area (Å²) in [7, 11) is 0. The molecule has 0 aliphatic carbocycles. The van der Waals surface area contributed by atoms with Crippen molar-refractivity contribution in [3.63, 3.8) is 0 Å². The molecule has 5 heteroatoms. The number of hydrogen-bond acceptors (Lipinski definition) is 3. The third-order valence-corrected chi connectivity index (χ3v) is 2.47. The molecule has 1 amide bonds. The Morgan fingerprint density at radius 2 is 2.21 bits per heavy atom. The van der Waals surface area contributed by atoms with Crippen molar-refractivity contribution in [1.29, 1.82) is 0 Å². The normalized spacial score (nSPS) is 24.4. The van der Waals surface area contributed by atoms with Crippen LogP contribution in [0.4, 0.5) is 0 Å². The van der Waals surface area contributed by atoms with E-state index in [0.29, 0.717) is 19.5 Å². The minimum absolute atomic E-state index is 0.157. The Kier molecular flexibility index (Phi) is 3.46. The van der Waals surface area contributed by atoms with Crippen LogP contribution >= 0.6 is 0 Å². The Bertz CT molecular complexity index is 240. The number of carbonyl (C=O) groups excluding carboxylic acids is 1. The number of nitrogens with two attached hydrogens (primary N) is 1. The quantitative estimate of drug-likeness (QED) is 0.638. The van der Waals surface area contributed by atoms with Gasteiger partial charge in [0, 0.05) is 13.1 Å². The van der Waals surface area contributed by atoms with Gasteiger partial charge in [0.2, 0.25) is 5.91 Å². The molecule has 0 saturated carbocycles. The number of likely N-dealkylation sites (tertiary alicyclic amines) is 1. The number of carbonyl (C=O) groups is 2. The Balaban J connectivity index is 2.56. The maximum absolute atomic E-state index is 11.5. The summed E-state index contributed by atoms with van der Waals surface area (Å²) in [6, 6.07) is -0.539. The lowest BCUT2D eigenvalue weighted by Crippen LogP contribution is -2.48. The van der Waals surface area contributed by atoms with Crippen LogP contribution in [-0.4, -0.2) is 41.0 Å². The van der Waals surface area contributed by atoms with Crippen molar-refractivity contribution >= 4 is 11.9 Å². The van der Waals surface area contributed by atoms with E-state index in [4.69, 9.17) is 10.8 Å². The molecule has 3 N–H and O–H groups in total. The average Bonchev–Trinajstić information content (AvgIpc) is 2.16. The zero-order valence-electron chi connectivity index (χ0n) is 8.27. The highest BCUT2D eigenvalue weighted by molar-refractivity contribution is 5.82. The molecule has 0 bridgehead atoms. The number of aliphatic carboxylic acids is 1. The van der Waals surface area contributed by atoms with Crippen LogP contribution in [0, 0.1) is 5.92 Å². The first-order valence-electron chi connectivity index (χ1n) is 4.79. The molecule has 5 nitrogen and oxygen atoms in total. The minimum atomic E-state index is -0.827. The predicted molar refractivity (Wildman–Crippen MR) is 50.6 cm³/mol. The van der Waals surface area contributed by atoms with Crippen molar-refractivity contribution in [3.05, 3.63) is 0 Å². The number of nitrogens with zero attached hydrogens (tertiary/aromatic N) is 1. The average molecular weight is 200 g/mol. The standard InChI is InChI=1S/C9H16N2O3/c1-6(10)8(12)11-4-2-3-7(5-11)9(13)14/h6-7H,2-5,10H2,1H3,(H,13,14)/t6-,7+/m0/s1. The summed E-state index contributed by atoms with van der Waals surface area (Å²) >= 11 is 0. The summed E-state index contributed by atoms with van der Waals surface area (Å²) in [5.41, 5.74) is 5.45. The van der Waals surface area contributed by atoms with Gasteiger partial charge in [0.1, 0.15) is 0 Å². The third kappa shape index (κ3) is 2.45.